The molecule has 0 bridgehead atoms. The second-order valence-corrected chi connectivity index (χ2v) is 2.66. The molecule has 0 aliphatic rings. The lowest BCUT2D eigenvalue weighted by Crippen LogP contribution is -2.19. The predicted molar refractivity (Wildman–Crippen MR) is 52.5 cm³/mol. The Kier molecular flexibility index (Phi) is 6.26. The van der Waals surface area contributed by atoms with Gasteiger partial charge in [0.2, 0.25) is 0 Å². The molecule has 0 fully saturated rings. The van der Waals surface area contributed by atoms with E-state index in [0.29, 0.717) is 6.42 Å². The van der Waals surface area contributed by atoms with Gasteiger partial charge in [0.1, 0.15) is 0 Å². The summed E-state index contributed by atoms with van der Waals surface area (Å²) in [6, 6.07) is 11.4. The zero-order valence-electron chi connectivity index (χ0n) is 7.91. The molecule has 0 amide bonds. The van der Waals surface area contributed by atoms with Crippen molar-refractivity contribution in [2.45, 2.75) is 12.5 Å². The van der Waals surface area contributed by atoms with E-state index in [4.69, 9.17) is 26.3 Å². The van der Waals surface area contributed by atoms with E-state index in [1.54, 1.807) is 0 Å². The molecule has 1 atom stereocenters. The van der Waals surface area contributed by atoms with Gasteiger partial charge in [-0.15, -0.1) is 10.1 Å². The predicted octanol–water partition coefficient (Wildman–Crippen LogP) is 0.732. The summed E-state index contributed by atoms with van der Waals surface area (Å²) in [6.07, 6.45) is 0.636. The molecule has 0 saturated heterocycles. The minimum absolute atomic E-state index is 0.377. The minimum Gasteiger partial charge on any atom is -0.328 e. The molecule has 3 N–H and O–H groups in total. The van der Waals surface area contributed by atoms with E-state index in [1.165, 1.54) is 0 Å². The Hall–Kier alpha value is -2.13. The molecule has 1 aromatic carbocycles. The summed E-state index contributed by atoms with van der Waals surface area (Å²) in [5, 5.41) is 22.1. The lowest BCUT2D eigenvalue weighted by atomic mass is 10.1. The Balaban J connectivity index is 0.000000423. The Morgan fingerprint density at radius 1 is 1.53 bits per heavy atom. The average Bonchev–Trinajstić information content (AvgIpc) is 2.18. The summed E-state index contributed by atoms with van der Waals surface area (Å²) in [4.78, 5) is 8.36. The van der Waals surface area contributed by atoms with Crippen molar-refractivity contribution in [3.8, 4) is 6.07 Å². The molecule has 80 valence electrons. The van der Waals surface area contributed by atoms with E-state index >= 15 is 0 Å². The highest BCUT2D eigenvalue weighted by Gasteiger charge is 1.99. The van der Waals surface area contributed by atoms with Gasteiger partial charge in [0.05, 0.1) is 12.1 Å². The zero-order chi connectivity index (χ0) is 11.7. The summed E-state index contributed by atoms with van der Waals surface area (Å²) in [5.41, 5.74) is 6.56. The average molecular weight is 209 g/mol. The fourth-order valence-electron chi connectivity index (χ4n) is 0.914. The molecule has 0 spiro atoms. The van der Waals surface area contributed by atoms with Gasteiger partial charge in [0.15, 0.2) is 0 Å². The first-order valence-corrected chi connectivity index (χ1v) is 4.08. The van der Waals surface area contributed by atoms with Crippen LogP contribution in [0.4, 0.5) is 0 Å². The molecule has 0 aliphatic heterocycles. The molecule has 1 rings (SSSR count). The van der Waals surface area contributed by atoms with Gasteiger partial charge in [0, 0.05) is 6.42 Å². The lowest BCUT2D eigenvalue weighted by Gasteiger charge is -2.00. The highest BCUT2D eigenvalue weighted by Crippen LogP contribution is 2.00. The van der Waals surface area contributed by atoms with Crippen molar-refractivity contribution in [3.63, 3.8) is 0 Å². The van der Waals surface area contributed by atoms with Gasteiger partial charge >= 0.3 is 0 Å². The Morgan fingerprint density at radius 2 is 2.00 bits per heavy atom. The molecular weight excluding hydrogens is 198 g/mol. The summed E-state index contributed by atoms with van der Waals surface area (Å²) in [6.45, 7) is 0. The number of nitriles is 1. The van der Waals surface area contributed by atoms with E-state index in [2.05, 4.69) is 0 Å². The highest BCUT2D eigenvalue weighted by atomic mass is 16.9. The van der Waals surface area contributed by atoms with Crippen molar-refractivity contribution in [3.05, 3.63) is 46.0 Å². The monoisotopic (exact) mass is 209 g/mol. The third-order valence-corrected chi connectivity index (χ3v) is 1.46. The van der Waals surface area contributed by atoms with Crippen LogP contribution in [0.25, 0.3) is 0 Å². The van der Waals surface area contributed by atoms with Gasteiger partial charge in [-0.3, -0.25) is 0 Å². The smallest absolute Gasteiger partial charge is 0.291 e. The highest BCUT2D eigenvalue weighted by molar-refractivity contribution is 5.17. The Bertz CT molecular complexity index is 330. The van der Waals surface area contributed by atoms with Crippen molar-refractivity contribution in [2.24, 2.45) is 5.73 Å². The maximum absolute atomic E-state index is 8.42. The first kappa shape index (κ1) is 12.9. The van der Waals surface area contributed by atoms with Crippen molar-refractivity contribution in [1.82, 2.24) is 0 Å². The summed E-state index contributed by atoms with van der Waals surface area (Å²) in [5.74, 6) is 0. The third-order valence-electron chi connectivity index (χ3n) is 1.46. The van der Waals surface area contributed by atoms with Crippen molar-refractivity contribution >= 4 is 0 Å². The molecule has 1 unspecified atom stereocenters. The van der Waals surface area contributed by atoms with E-state index in [1.807, 2.05) is 36.4 Å². The normalized spacial score (nSPS) is 10.4. The van der Waals surface area contributed by atoms with E-state index in [0.717, 1.165) is 5.56 Å². The first-order valence-electron chi connectivity index (χ1n) is 4.08. The summed E-state index contributed by atoms with van der Waals surface area (Å²) < 4.78 is 0. The molecule has 1 aromatic rings. The number of hydrogen-bond acceptors (Lipinski definition) is 4. The molecule has 0 saturated carbocycles. The minimum atomic E-state index is -1.50. The van der Waals surface area contributed by atoms with Crippen molar-refractivity contribution in [2.75, 3.05) is 0 Å². The van der Waals surface area contributed by atoms with Crippen LogP contribution in [0.1, 0.15) is 5.56 Å². The lowest BCUT2D eigenvalue weighted by molar-refractivity contribution is -0.742. The fraction of sp³-hybridized carbons (Fsp3) is 0.222. The van der Waals surface area contributed by atoms with Crippen LogP contribution in [0.5, 0.6) is 0 Å². The van der Waals surface area contributed by atoms with Crippen molar-refractivity contribution < 1.29 is 10.3 Å². The van der Waals surface area contributed by atoms with Crippen LogP contribution in [0.3, 0.4) is 0 Å². The molecular formula is C9H11N3O3. The summed E-state index contributed by atoms with van der Waals surface area (Å²) in [7, 11) is 0. The van der Waals surface area contributed by atoms with Crippen LogP contribution in [0.2, 0.25) is 0 Å². The molecule has 0 aliphatic carbocycles. The maximum atomic E-state index is 8.42. The largest absolute Gasteiger partial charge is 0.328 e. The number of benzene rings is 1. The molecule has 0 heterocycles. The van der Waals surface area contributed by atoms with Crippen LogP contribution < -0.4 is 5.73 Å². The standard InChI is InChI=1S/C9H10N2.HNO3/c10-7-9(11)6-8-4-2-1-3-5-8;2-1(3)4/h1-5,9H,6,11H2;(H,2,3,4). The van der Waals surface area contributed by atoms with Gasteiger partial charge in [-0.05, 0) is 5.56 Å². The number of nitrogens with two attached hydrogens (primary N) is 1. The maximum Gasteiger partial charge on any atom is 0.291 e. The quantitative estimate of drug-likeness (QED) is 0.550. The number of nitrogens with zero attached hydrogens (tertiary/aromatic N) is 2. The second kappa shape index (κ2) is 7.29. The molecule has 0 aromatic heterocycles. The molecule has 15 heavy (non-hydrogen) atoms. The van der Waals surface area contributed by atoms with Gasteiger partial charge in [-0.25, -0.2) is 0 Å². The van der Waals surface area contributed by atoms with Gasteiger partial charge in [-0.1, -0.05) is 30.3 Å². The summed E-state index contributed by atoms with van der Waals surface area (Å²) >= 11 is 0. The second-order valence-electron chi connectivity index (χ2n) is 2.66. The SMILES string of the molecule is N#CC(N)Cc1ccccc1.O=[N+]([O-])O. The van der Waals surface area contributed by atoms with Gasteiger partial charge in [0.25, 0.3) is 5.09 Å². The van der Waals surface area contributed by atoms with Gasteiger partial charge in [-0.2, -0.15) is 5.26 Å². The van der Waals surface area contributed by atoms with Crippen LogP contribution in [-0.2, 0) is 6.42 Å². The van der Waals surface area contributed by atoms with E-state index in [-0.39, 0.29) is 6.04 Å². The first-order chi connectivity index (χ1) is 7.06. The molecule has 6 nitrogen and oxygen atoms in total. The number of rotatable bonds is 2. The van der Waals surface area contributed by atoms with Crippen LogP contribution in [0.15, 0.2) is 30.3 Å². The van der Waals surface area contributed by atoms with E-state index in [9.17, 15) is 0 Å². The van der Waals surface area contributed by atoms with Crippen LogP contribution >= 0.6 is 0 Å². The van der Waals surface area contributed by atoms with Crippen LogP contribution in [0, 0.1) is 21.4 Å². The van der Waals surface area contributed by atoms with Crippen LogP contribution in [-0.4, -0.2) is 16.3 Å². The Morgan fingerprint density at radius 3 is 2.40 bits per heavy atom. The third kappa shape index (κ3) is 8.21. The van der Waals surface area contributed by atoms with Gasteiger partial charge < -0.3 is 10.9 Å². The fourth-order valence-corrected chi connectivity index (χ4v) is 0.914. The topological polar surface area (TPSA) is 113 Å². The molecule has 0 radical (unpaired) electrons. The van der Waals surface area contributed by atoms with E-state index < -0.39 is 5.09 Å². The zero-order valence-corrected chi connectivity index (χ0v) is 7.91. The molecule has 6 heteroatoms. The number of hydrogen-bond donors (Lipinski definition) is 2. The Labute approximate surface area is 86.7 Å². The van der Waals surface area contributed by atoms with Crippen molar-refractivity contribution in [1.29, 1.82) is 5.26 Å².